The van der Waals surface area contributed by atoms with Gasteiger partial charge in [0, 0.05) is 43.0 Å². The van der Waals surface area contributed by atoms with Crippen molar-refractivity contribution in [2.45, 2.75) is 6.92 Å². The van der Waals surface area contributed by atoms with Crippen molar-refractivity contribution in [1.29, 1.82) is 0 Å². The summed E-state index contributed by atoms with van der Waals surface area (Å²) in [6.07, 6.45) is 0. The summed E-state index contributed by atoms with van der Waals surface area (Å²) in [6, 6.07) is 24.4. The first-order chi connectivity index (χ1) is 15.1. The fourth-order valence-corrected chi connectivity index (χ4v) is 3.81. The van der Waals surface area contributed by atoms with Crippen LogP contribution in [0.4, 0.5) is 5.69 Å². The van der Waals surface area contributed by atoms with Crippen molar-refractivity contribution in [3.63, 3.8) is 0 Å². The van der Waals surface area contributed by atoms with Crippen molar-refractivity contribution in [3.05, 3.63) is 95.6 Å². The third-order valence-corrected chi connectivity index (χ3v) is 5.60. The van der Waals surface area contributed by atoms with Gasteiger partial charge in [0.05, 0.1) is 0 Å². The number of benzene rings is 3. The number of para-hydroxylation sites is 1. The third kappa shape index (κ3) is 4.94. The summed E-state index contributed by atoms with van der Waals surface area (Å²) >= 11 is 0. The van der Waals surface area contributed by atoms with Crippen molar-refractivity contribution in [2.24, 2.45) is 0 Å². The third-order valence-electron chi connectivity index (χ3n) is 5.60. The van der Waals surface area contributed by atoms with Gasteiger partial charge in [-0.25, -0.2) is 0 Å². The van der Waals surface area contributed by atoms with Crippen LogP contribution in [0.15, 0.2) is 78.9 Å². The lowest BCUT2D eigenvalue weighted by molar-refractivity contribution is -0.133. The number of carbonyl (C=O) groups excluding carboxylic acids is 2. The number of aryl methyl sites for hydroxylation is 1. The Balaban J connectivity index is 1.27. The van der Waals surface area contributed by atoms with Gasteiger partial charge in [0.1, 0.15) is 5.75 Å². The molecule has 3 aromatic rings. The zero-order valence-electron chi connectivity index (χ0n) is 17.7. The highest BCUT2D eigenvalue weighted by atomic mass is 16.5. The predicted octanol–water partition coefficient (Wildman–Crippen LogP) is 3.95. The SMILES string of the molecule is Cc1ccccc1N1CCN(C(=O)COc2ccc(C(=O)c3ccccc3)cc2)CC1. The Labute approximate surface area is 182 Å². The Morgan fingerprint density at radius 3 is 2.06 bits per heavy atom. The summed E-state index contributed by atoms with van der Waals surface area (Å²) in [7, 11) is 0. The first-order valence-electron chi connectivity index (χ1n) is 10.5. The summed E-state index contributed by atoms with van der Waals surface area (Å²) in [5.74, 6) is 0.528. The number of amides is 1. The largest absolute Gasteiger partial charge is 0.484 e. The van der Waals surface area contributed by atoms with E-state index >= 15 is 0 Å². The lowest BCUT2D eigenvalue weighted by Gasteiger charge is -2.36. The summed E-state index contributed by atoms with van der Waals surface area (Å²) in [5.41, 5.74) is 3.73. The average Bonchev–Trinajstić information content (AvgIpc) is 2.83. The predicted molar refractivity (Wildman–Crippen MR) is 122 cm³/mol. The van der Waals surface area contributed by atoms with E-state index in [-0.39, 0.29) is 18.3 Å². The van der Waals surface area contributed by atoms with E-state index in [2.05, 4.69) is 24.0 Å². The molecule has 3 aromatic carbocycles. The lowest BCUT2D eigenvalue weighted by Crippen LogP contribution is -2.50. The zero-order chi connectivity index (χ0) is 21.6. The van der Waals surface area contributed by atoms with Crippen molar-refractivity contribution in [1.82, 2.24) is 4.90 Å². The molecule has 0 aliphatic carbocycles. The van der Waals surface area contributed by atoms with E-state index < -0.39 is 0 Å². The number of carbonyl (C=O) groups is 2. The average molecular weight is 415 g/mol. The number of anilines is 1. The molecule has 1 aliphatic rings. The van der Waals surface area contributed by atoms with Gasteiger partial charge in [0.15, 0.2) is 12.4 Å². The molecule has 0 radical (unpaired) electrons. The number of nitrogens with zero attached hydrogens (tertiary/aromatic N) is 2. The van der Waals surface area contributed by atoms with Crippen LogP contribution in [-0.4, -0.2) is 49.4 Å². The van der Waals surface area contributed by atoms with E-state index in [1.807, 2.05) is 35.2 Å². The van der Waals surface area contributed by atoms with Crippen molar-refractivity contribution >= 4 is 17.4 Å². The topological polar surface area (TPSA) is 49.9 Å². The quantitative estimate of drug-likeness (QED) is 0.573. The van der Waals surface area contributed by atoms with Gasteiger partial charge in [-0.3, -0.25) is 9.59 Å². The molecular weight excluding hydrogens is 388 g/mol. The second-order valence-electron chi connectivity index (χ2n) is 7.66. The summed E-state index contributed by atoms with van der Waals surface area (Å²) in [5, 5.41) is 0. The van der Waals surface area contributed by atoms with Crippen LogP contribution in [0.1, 0.15) is 21.5 Å². The summed E-state index contributed by atoms with van der Waals surface area (Å²) in [6.45, 7) is 5.09. The van der Waals surface area contributed by atoms with Gasteiger partial charge < -0.3 is 14.5 Å². The fourth-order valence-electron chi connectivity index (χ4n) is 3.81. The Hall–Kier alpha value is -3.60. The van der Waals surface area contributed by atoms with Crippen LogP contribution in [-0.2, 0) is 4.79 Å². The first kappa shape index (κ1) is 20.7. The molecular formula is C26H26N2O3. The molecule has 1 fully saturated rings. The van der Waals surface area contributed by atoms with Crippen molar-refractivity contribution in [2.75, 3.05) is 37.7 Å². The van der Waals surface area contributed by atoms with Gasteiger partial charge in [-0.2, -0.15) is 0 Å². The minimum Gasteiger partial charge on any atom is -0.484 e. The maximum Gasteiger partial charge on any atom is 0.260 e. The highest BCUT2D eigenvalue weighted by molar-refractivity contribution is 6.08. The highest BCUT2D eigenvalue weighted by Crippen LogP contribution is 2.21. The second-order valence-corrected chi connectivity index (χ2v) is 7.66. The molecule has 0 aromatic heterocycles. The molecule has 0 N–H and O–H groups in total. The molecule has 0 unspecified atom stereocenters. The molecule has 1 aliphatic heterocycles. The van der Waals surface area contributed by atoms with Crippen LogP contribution < -0.4 is 9.64 Å². The number of piperazine rings is 1. The first-order valence-corrected chi connectivity index (χ1v) is 10.5. The van der Waals surface area contributed by atoms with E-state index in [1.54, 1.807) is 36.4 Å². The monoisotopic (exact) mass is 414 g/mol. The smallest absolute Gasteiger partial charge is 0.260 e. The lowest BCUT2D eigenvalue weighted by atomic mass is 10.0. The van der Waals surface area contributed by atoms with Crippen molar-refractivity contribution < 1.29 is 14.3 Å². The maximum absolute atomic E-state index is 12.6. The standard InChI is InChI=1S/C26H26N2O3/c1-20-7-5-6-10-24(20)27-15-17-28(18-16-27)25(29)19-31-23-13-11-22(12-14-23)26(30)21-8-3-2-4-9-21/h2-14H,15-19H2,1H3. The van der Waals surface area contributed by atoms with Gasteiger partial charge >= 0.3 is 0 Å². The Kier molecular flexibility index (Phi) is 6.32. The van der Waals surface area contributed by atoms with Crippen LogP contribution >= 0.6 is 0 Å². The summed E-state index contributed by atoms with van der Waals surface area (Å²) < 4.78 is 5.68. The van der Waals surface area contributed by atoms with Gasteiger partial charge in [-0.1, -0.05) is 48.5 Å². The number of hydrogen-bond acceptors (Lipinski definition) is 4. The van der Waals surface area contributed by atoms with Gasteiger partial charge in [-0.05, 0) is 42.8 Å². The number of ether oxygens (including phenoxy) is 1. The molecule has 1 amide bonds. The molecule has 158 valence electrons. The van der Waals surface area contributed by atoms with E-state index in [1.165, 1.54) is 11.3 Å². The molecule has 0 saturated carbocycles. The van der Waals surface area contributed by atoms with E-state index in [0.717, 1.165) is 13.1 Å². The van der Waals surface area contributed by atoms with Gasteiger partial charge in [0.2, 0.25) is 0 Å². The number of rotatable bonds is 6. The van der Waals surface area contributed by atoms with Crippen LogP contribution in [0.25, 0.3) is 0 Å². The normalized spacial score (nSPS) is 13.7. The Morgan fingerprint density at radius 2 is 1.39 bits per heavy atom. The Bertz CT molecular complexity index is 1040. The minimum atomic E-state index is -0.0326. The van der Waals surface area contributed by atoms with E-state index in [0.29, 0.717) is 30.0 Å². The maximum atomic E-state index is 12.6. The van der Waals surface area contributed by atoms with Crippen LogP contribution in [0.2, 0.25) is 0 Å². The van der Waals surface area contributed by atoms with E-state index in [4.69, 9.17) is 4.74 Å². The molecule has 0 spiro atoms. The summed E-state index contributed by atoms with van der Waals surface area (Å²) in [4.78, 5) is 29.2. The molecule has 31 heavy (non-hydrogen) atoms. The minimum absolute atomic E-state index is 0.00363. The number of hydrogen-bond donors (Lipinski definition) is 0. The molecule has 0 atom stereocenters. The molecule has 4 rings (SSSR count). The molecule has 0 bridgehead atoms. The number of ketones is 1. The van der Waals surface area contributed by atoms with Gasteiger partial charge in [0.25, 0.3) is 5.91 Å². The molecule has 5 heteroatoms. The molecule has 5 nitrogen and oxygen atoms in total. The molecule has 1 heterocycles. The Morgan fingerprint density at radius 1 is 0.774 bits per heavy atom. The molecule has 1 saturated heterocycles. The van der Waals surface area contributed by atoms with E-state index in [9.17, 15) is 9.59 Å². The fraction of sp³-hybridized carbons (Fsp3) is 0.231. The van der Waals surface area contributed by atoms with Crippen LogP contribution in [0.3, 0.4) is 0 Å². The van der Waals surface area contributed by atoms with Crippen LogP contribution in [0, 0.1) is 6.92 Å². The van der Waals surface area contributed by atoms with Crippen LogP contribution in [0.5, 0.6) is 5.75 Å². The second kappa shape index (κ2) is 9.47. The van der Waals surface area contributed by atoms with Gasteiger partial charge in [-0.15, -0.1) is 0 Å². The van der Waals surface area contributed by atoms with Crippen molar-refractivity contribution in [3.8, 4) is 5.75 Å². The highest BCUT2D eigenvalue weighted by Gasteiger charge is 2.22. The zero-order valence-corrected chi connectivity index (χ0v) is 17.7.